The molecule has 0 aromatic carbocycles. The van der Waals surface area contributed by atoms with Crippen LogP contribution >= 0.6 is 0 Å². The molecule has 10 unspecified atom stereocenters. The van der Waals surface area contributed by atoms with Crippen LogP contribution in [-0.2, 0) is 42.8 Å². The zero-order valence-electron chi connectivity index (χ0n) is 22.3. The summed E-state index contributed by atoms with van der Waals surface area (Å²) in [6, 6.07) is 0. The van der Waals surface area contributed by atoms with Gasteiger partial charge in [-0.2, -0.15) is 0 Å². The predicted octanol–water partition coefficient (Wildman–Crippen LogP) is -1.51. The highest BCUT2D eigenvalue weighted by Crippen LogP contribution is 2.51. The molecule has 14 nitrogen and oxygen atoms in total. The van der Waals surface area contributed by atoms with Gasteiger partial charge in [-0.3, -0.25) is 14.4 Å². The summed E-state index contributed by atoms with van der Waals surface area (Å²) in [6.45, 7) is 4.44. The van der Waals surface area contributed by atoms with Gasteiger partial charge in [0, 0.05) is 26.2 Å². The molecule has 1 saturated carbocycles. The maximum Gasteiger partial charge on any atom is 0.309 e. The summed E-state index contributed by atoms with van der Waals surface area (Å²) in [7, 11) is 0. The molecule has 0 amide bonds. The molecular formula is C25H38O14. The molecule has 0 bridgehead atoms. The van der Waals surface area contributed by atoms with E-state index in [4.69, 9.17) is 28.4 Å². The number of esters is 3. The Bertz CT molecular complexity index is 918. The molecule has 0 aromatic rings. The summed E-state index contributed by atoms with van der Waals surface area (Å²) < 4.78 is 32.8. The number of rotatable bonds is 10. The summed E-state index contributed by atoms with van der Waals surface area (Å²) >= 11 is 0. The van der Waals surface area contributed by atoms with Gasteiger partial charge in [-0.25, -0.2) is 0 Å². The third-order valence-corrected chi connectivity index (χ3v) is 7.06. The summed E-state index contributed by atoms with van der Waals surface area (Å²) in [4.78, 5) is 36.0. The lowest BCUT2D eigenvalue weighted by Gasteiger charge is -2.41. The summed E-state index contributed by atoms with van der Waals surface area (Å²) in [6.07, 6.45) is -8.62. The van der Waals surface area contributed by atoms with Crippen LogP contribution in [0, 0.1) is 17.8 Å². The van der Waals surface area contributed by atoms with Crippen molar-refractivity contribution >= 4 is 17.9 Å². The highest BCUT2D eigenvalue weighted by atomic mass is 16.7. The third kappa shape index (κ3) is 7.06. The fraction of sp³-hybridized carbons (Fsp3) is 0.800. The molecule has 0 radical (unpaired) electrons. The predicted molar refractivity (Wildman–Crippen MR) is 127 cm³/mol. The molecule has 1 aliphatic carbocycles. The molecule has 2 aliphatic heterocycles. The number of hydrogen-bond acceptors (Lipinski definition) is 14. The fourth-order valence-corrected chi connectivity index (χ4v) is 5.17. The molecule has 222 valence electrons. The maximum atomic E-state index is 12.5. The Morgan fingerprint density at radius 3 is 2.33 bits per heavy atom. The second-order valence-electron chi connectivity index (χ2n) is 10.5. The summed E-state index contributed by atoms with van der Waals surface area (Å²) in [5, 5.41) is 51.5. The van der Waals surface area contributed by atoms with Crippen molar-refractivity contribution in [2.24, 2.45) is 17.8 Å². The first-order valence-electron chi connectivity index (χ1n) is 12.8. The van der Waals surface area contributed by atoms with Crippen LogP contribution in [0.25, 0.3) is 0 Å². The monoisotopic (exact) mass is 562 g/mol. The lowest BCUT2D eigenvalue weighted by molar-refractivity contribution is -0.299. The van der Waals surface area contributed by atoms with Crippen molar-refractivity contribution in [2.45, 2.75) is 89.2 Å². The minimum absolute atomic E-state index is 0.0211. The van der Waals surface area contributed by atoms with Crippen molar-refractivity contribution in [3.63, 3.8) is 0 Å². The minimum Gasteiger partial charge on any atom is -0.463 e. The van der Waals surface area contributed by atoms with Crippen LogP contribution in [-0.4, -0.2) is 112 Å². The number of carbonyl (C=O) groups excluding carboxylic acids is 3. The molecule has 3 rings (SSSR count). The van der Waals surface area contributed by atoms with E-state index in [0.29, 0.717) is 5.57 Å². The van der Waals surface area contributed by atoms with E-state index in [1.165, 1.54) is 6.26 Å². The standard InChI is InChI=1S/C25H38O14/c1-11(2)5-18(29)39-23-19-15(6-17(37-13(4)28)25(19,33)10-36-12(3)27)14(8-34-23)9-35-24-22(32)21(31)20(30)16(7-26)38-24/h8,11,15-17,19-24,26,30-33H,5-7,9-10H2,1-4H3. The van der Waals surface area contributed by atoms with Gasteiger partial charge in [0.25, 0.3) is 0 Å². The molecule has 0 spiro atoms. The van der Waals surface area contributed by atoms with Gasteiger partial charge in [-0.1, -0.05) is 13.8 Å². The van der Waals surface area contributed by atoms with Gasteiger partial charge in [-0.15, -0.1) is 0 Å². The smallest absolute Gasteiger partial charge is 0.309 e. The summed E-state index contributed by atoms with van der Waals surface area (Å²) in [5.41, 5.74) is -1.61. The minimum atomic E-state index is -2.01. The second-order valence-corrected chi connectivity index (χ2v) is 10.5. The number of aliphatic hydroxyl groups excluding tert-OH is 4. The number of ether oxygens (including phenoxy) is 6. The first kappa shape index (κ1) is 31.2. The van der Waals surface area contributed by atoms with E-state index in [9.17, 15) is 39.9 Å². The van der Waals surface area contributed by atoms with Gasteiger partial charge in [0.05, 0.1) is 25.4 Å². The Morgan fingerprint density at radius 2 is 1.74 bits per heavy atom. The second kappa shape index (κ2) is 12.9. The van der Waals surface area contributed by atoms with Gasteiger partial charge >= 0.3 is 17.9 Å². The first-order chi connectivity index (χ1) is 18.3. The van der Waals surface area contributed by atoms with Crippen molar-refractivity contribution in [1.29, 1.82) is 0 Å². The molecule has 2 fully saturated rings. The SMILES string of the molecule is CC(=O)OCC1(O)C(OC(C)=O)CC2C(COC3OC(CO)C(O)C(O)C3O)=COC(OC(=O)CC(C)C)C21. The van der Waals surface area contributed by atoms with E-state index in [1.807, 2.05) is 13.8 Å². The van der Waals surface area contributed by atoms with Gasteiger partial charge in [0.2, 0.25) is 6.29 Å². The number of carbonyl (C=O) groups is 3. The lowest BCUT2D eigenvalue weighted by Crippen LogP contribution is -2.59. The molecule has 1 saturated heterocycles. The van der Waals surface area contributed by atoms with Crippen LogP contribution < -0.4 is 0 Å². The Labute approximate surface area is 225 Å². The van der Waals surface area contributed by atoms with Crippen LogP contribution in [0.15, 0.2) is 11.8 Å². The average molecular weight is 563 g/mol. The van der Waals surface area contributed by atoms with Crippen LogP contribution in [0.5, 0.6) is 0 Å². The molecule has 39 heavy (non-hydrogen) atoms. The zero-order valence-corrected chi connectivity index (χ0v) is 22.3. The normalized spacial score (nSPS) is 37.9. The molecule has 5 N–H and O–H groups in total. The van der Waals surface area contributed by atoms with Crippen molar-refractivity contribution in [1.82, 2.24) is 0 Å². The summed E-state index contributed by atoms with van der Waals surface area (Å²) in [5.74, 6) is -3.74. The average Bonchev–Trinajstić information content (AvgIpc) is 3.13. The number of fused-ring (bicyclic) bond motifs is 1. The lowest BCUT2D eigenvalue weighted by atomic mass is 9.80. The molecule has 14 heteroatoms. The van der Waals surface area contributed by atoms with Crippen LogP contribution in [0.4, 0.5) is 0 Å². The Morgan fingerprint density at radius 1 is 1.05 bits per heavy atom. The molecule has 10 atom stereocenters. The molecule has 2 heterocycles. The largest absolute Gasteiger partial charge is 0.463 e. The number of aliphatic hydroxyl groups is 5. The van der Waals surface area contributed by atoms with Gasteiger partial charge in [0.1, 0.15) is 42.7 Å². The Hall–Kier alpha value is -2.33. The van der Waals surface area contributed by atoms with E-state index < -0.39 is 91.7 Å². The molecular weight excluding hydrogens is 524 g/mol. The van der Waals surface area contributed by atoms with Gasteiger partial charge in [0.15, 0.2) is 6.29 Å². The maximum absolute atomic E-state index is 12.5. The van der Waals surface area contributed by atoms with Crippen LogP contribution in [0.1, 0.15) is 40.5 Å². The Balaban J connectivity index is 1.88. The highest BCUT2D eigenvalue weighted by Gasteiger charge is 2.63. The van der Waals surface area contributed by atoms with Gasteiger partial charge in [-0.05, 0) is 17.9 Å². The third-order valence-electron chi connectivity index (χ3n) is 7.06. The van der Waals surface area contributed by atoms with Crippen molar-refractivity contribution < 1.29 is 68.3 Å². The number of hydrogen-bond donors (Lipinski definition) is 5. The fourth-order valence-electron chi connectivity index (χ4n) is 5.17. The zero-order chi connectivity index (χ0) is 29.1. The first-order valence-corrected chi connectivity index (χ1v) is 12.8. The van der Waals surface area contributed by atoms with E-state index in [-0.39, 0.29) is 25.4 Å². The highest BCUT2D eigenvalue weighted by molar-refractivity contribution is 5.70. The van der Waals surface area contributed by atoms with Crippen molar-refractivity contribution in [3.05, 3.63) is 11.8 Å². The van der Waals surface area contributed by atoms with Gasteiger partial charge < -0.3 is 54.0 Å². The van der Waals surface area contributed by atoms with E-state index >= 15 is 0 Å². The van der Waals surface area contributed by atoms with E-state index in [2.05, 4.69) is 0 Å². The van der Waals surface area contributed by atoms with E-state index in [0.717, 1.165) is 13.8 Å². The van der Waals surface area contributed by atoms with Crippen molar-refractivity contribution in [3.8, 4) is 0 Å². The van der Waals surface area contributed by atoms with Crippen molar-refractivity contribution in [2.75, 3.05) is 19.8 Å². The Kier molecular flexibility index (Phi) is 10.3. The quantitative estimate of drug-likeness (QED) is 0.152. The van der Waals surface area contributed by atoms with Crippen LogP contribution in [0.2, 0.25) is 0 Å². The topological polar surface area (TPSA) is 208 Å². The molecule has 3 aliphatic rings. The molecule has 0 aromatic heterocycles. The van der Waals surface area contributed by atoms with E-state index in [1.54, 1.807) is 0 Å². The van der Waals surface area contributed by atoms with Crippen LogP contribution in [0.3, 0.4) is 0 Å².